The van der Waals surface area contributed by atoms with Crippen molar-refractivity contribution in [1.29, 1.82) is 0 Å². The van der Waals surface area contributed by atoms with Gasteiger partial charge in [-0.1, -0.05) is 0 Å². The molecule has 0 bridgehead atoms. The predicted octanol–water partition coefficient (Wildman–Crippen LogP) is 0.0695. The Labute approximate surface area is 109 Å². The van der Waals surface area contributed by atoms with Gasteiger partial charge in [-0.3, -0.25) is 4.79 Å². The van der Waals surface area contributed by atoms with E-state index in [0.29, 0.717) is 18.8 Å². The summed E-state index contributed by atoms with van der Waals surface area (Å²) >= 11 is 0. The zero-order valence-electron chi connectivity index (χ0n) is 10.9. The highest BCUT2D eigenvalue weighted by Gasteiger charge is 2.39. The van der Waals surface area contributed by atoms with Crippen molar-refractivity contribution in [3.8, 4) is 0 Å². The SMILES string of the molecule is CC1(NC(=O)CC2CCCNC2)CCS(=O)(=O)C1. The van der Waals surface area contributed by atoms with Crippen molar-refractivity contribution in [2.45, 2.75) is 38.1 Å². The molecule has 2 heterocycles. The zero-order valence-corrected chi connectivity index (χ0v) is 11.7. The lowest BCUT2D eigenvalue weighted by Crippen LogP contribution is -2.48. The third-order valence-corrected chi connectivity index (χ3v) is 5.72. The first-order valence-electron chi connectivity index (χ1n) is 6.61. The molecule has 5 nitrogen and oxygen atoms in total. The molecule has 0 aromatic carbocycles. The zero-order chi connectivity index (χ0) is 13.2. The van der Waals surface area contributed by atoms with E-state index in [1.54, 1.807) is 0 Å². The lowest BCUT2D eigenvalue weighted by atomic mass is 9.94. The monoisotopic (exact) mass is 274 g/mol. The van der Waals surface area contributed by atoms with E-state index in [1.807, 2.05) is 6.92 Å². The number of rotatable bonds is 3. The van der Waals surface area contributed by atoms with Gasteiger partial charge >= 0.3 is 0 Å². The third-order valence-electron chi connectivity index (χ3n) is 3.82. The van der Waals surface area contributed by atoms with Crippen LogP contribution in [0.1, 0.15) is 32.6 Å². The van der Waals surface area contributed by atoms with Crippen LogP contribution in [0.25, 0.3) is 0 Å². The number of hydrogen-bond acceptors (Lipinski definition) is 4. The van der Waals surface area contributed by atoms with Crippen LogP contribution >= 0.6 is 0 Å². The van der Waals surface area contributed by atoms with Crippen LogP contribution in [-0.2, 0) is 14.6 Å². The molecule has 6 heteroatoms. The number of piperidine rings is 1. The smallest absolute Gasteiger partial charge is 0.220 e. The van der Waals surface area contributed by atoms with Crippen molar-refractivity contribution in [3.63, 3.8) is 0 Å². The van der Waals surface area contributed by atoms with E-state index in [1.165, 1.54) is 0 Å². The van der Waals surface area contributed by atoms with E-state index in [-0.39, 0.29) is 17.4 Å². The molecule has 0 aromatic heterocycles. The van der Waals surface area contributed by atoms with Crippen molar-refractivity contribution in [2.24, 2.45) is 5.92 Å². The largest absolute Gasteiger partial charge is 0.350 e. The van der Waals surface area contributed by atoms with E-state index in [0.717, 1.165) is 25.9 Å². The van der Waals surface area contributed by atoms with Crippen LogP contribution in [0.2, 0.25) is 0 Å². The Morgan fingerprint density at radius 3 is 2.83 bits per heavy atom. The van der Waals surface area contributed by atoms with Gasteiger partial charge in [0.15, 0.2) is 9.84 Å². The molecule has 2 aliphatic rings. The fourth-order valence-corrected chi connectivity index (χ4v) is 4.95. The van der Waals surface area contributed by atoms with Crippen LogP contribution < -0.4 is 10.6 Å². The van der Waals surface area contributed by atoms with Gasteiger partial charge in [0.05, 0.1) is 17.0 Å². The molecular weight excluding hydrogens is 252 g/mol. The van der Waals surface area contributed by atoms with Crippen molar-refractivity contribution in [1.82, 2.24) is 10.6 Å². The summed E-state index contributed by atoms with van der Waals surface area (Å²) in [5.74, 6) is 0.646. The molecule has 2 fully saturated rings. The molecule has 0 spiro atoms. The van der Waals surface area contributed by atoms with Gasteiger partial charge in [0.25, 0.3) is 0 Å². The Hall–Kier alpha value is -0.620. The number of carbonyl (C=O) groups is 1. The summed E-state index contributed by atoms with van der Waals surface area (Å²) in [6, 6.07) is 0. The summed E-state index contributed by atoms with van der Waals surface area (Å²) in [5, 5.41) is 6.19. The number of amides is 1. The topological polar surface area (TPSA) is 75.3 Å². The Morgan fingerprint density at radius 1 is 1.50 bits per heavy atom. The van der Waals surface area contributed by atoms with Crippen LogP contribution in [0, 0.1) is 5.92 Å². The molecule has 0 radical (unpaired) electrons. The first kappa shape index (κ1) is 13.8. The van der Waals surface area contributed by atoms with E-state index in [4.69, 9.17) is 0 Å². The number of sulfone groups is 1. The van der Waals surface area contributed by atoms with Gasteiger partial charge in [-0.15, -0.1) is 0 Å². The maximum Gasteiger partial charge on any atom is 0.220 e. The average molecular weight is 274 g/mol. The van der Waals surface area contributed by atoms with Crippen LogP contribution in [0.4, 0.5) is 0 Å². The van der Waals surface area contributed by atoms with Crippen molar-refractivity contribution >= 4 is 15.7 Å². The third kappa shape index (κ3) is 3.68. The fraction of sp³-hybridized carbons (Fsp3) is 0.917. The van der Waals surface area contributed by atoms with E-state index >= 15 is 0 Å². The van der Waals surface area contributed by atoms with E-state index < -0.39 is 15.4 Å². The number of nitrogens with one attached hydrogen (secondary N) is 2. The van der Waals surface area contributed by atoms with E-state index in [2.05, 4.69) is 10.6 Å². The highest BCUT2D eigenvalue weighted by molar-refractivity contribution is 7.91. The summed E-state index contributed by atoms with van der Waals surface area (Å²) in [7, 11) is -2.96. The highest BCUT2D eigenvalue weighted by Crippen LogP contribution is 2.23. The Morgan fingerprint density at radius 2 is 2.28 bits per heavy atom. The molecular formula is C12H22N2O3S. The van der Waals surface area contributed by atoms with Crippen molar-refractivity contribution in [2.75, 3.05) is 24.6 Å². The number of hydrogen-bond donors (Lipinski definition) is 2. The molecule has 2 N–H and O–H groups in total. The molecule has 2 unspecified atom stereocenters. The van der Waals surface area contributed by atoms with Gasteiger partial charge in [0, 0.05) is 6.42 Å². The quantitative estimate of drug-likeness (QED) is 0.763. The van der Waals surface area contributed by atoms with Gasteiger partial charge < -0.3 is 10.6 Å². The minimum absolute atomic E-state index is 0.0108. The molecule has 1 amide bonds. The minimum atomic E-state index is -2.96. The standard InChI is InChI=1S/C12H22N2O3S/c1-12(4-6-18(16,17)9-12)14-11(15)7-10-3-2-5-13-8-10/h10,13H,2-9H2,1H3,(H,14,15). The van der Waals surface area contributed by atoms with Crippen LogP contribution in [-0.4, -0.2) is 44.5 Å². The first-order valence-corrected chi connectivity index (χ1v) is 8.43. The Bertz CT molecular complexity index is 415. The molecule has 104 valence electrons. The van der Waals surface area contributed by atoms with Gasteiger partial charge in [-0.05, 0) is 45.2 Å². The first-order chi connectivity index (χ1) is 8.39. The molecule has 0 saturated carbocycles. The highest BCUT2D eigenvalue weighted by atomic mass is 32.2. The molecule has 18 heavy (non-hydrogen) atoms. The molecule has 2 atom stereocenters. The number of carbonyl (C=O) groups excluding carboxylic acids is 1. The maximum absolute atomic E-state index is 11.9. The molecule has 0 aromatic rings. The lowest BCUT2D eigenvalue weighted by molar-refractivity contribution is -0.123. The molecule has 2 saturated heterocycles. The Balaban J connectivity index is 1.84. The van der Waals surface area contributed by atoms with E-state index in [9.17, 15) is 13.2 Å². The summed E-state index contributed by atoms with van der Waals surface area (Å²) in [6.45, 7) is 3.76. The van der Waals surface area contributed by atoms with Gasteiger partial charge in [-0.25, -0.2) is 8.42 Å². The molecule has 2 rings (SSSR count). The van der Waals surface area contributed by atoms with Crippen LogP contribution in [0.3, 0.4) is 0 Å². The normalized spacial score (nSPS) is 35.3. The summed E-state index contributed by atoms with van der Waals surface area (Å²) in [5.41, 5.74) is -0.558. The fourth-order valence-electron chi connectivity index (χ4n) is 2.86. The van der Waals surface area contributed by atoms with Gasteiger partial charge in [0.1, 0.15) is 0 Å². The van der Waals surface area contributed by atoms with Gasteiger partial charge in [0.2, 0.25) is 5.91 Å². The second-order valence-corrected chi connectivity index (χ2v) is 8.05. The predicted molar refractivity (Wildman–Crippen MR) is 70.0 cm³/mol. The van der Waals surface area contributed by atoms with Crippen LogP contribution in [0.5, 0.6) is 0 Å². The van der Waals surface area contributed by atoms with Gasteiger partial charge in [-0.2, -0.15) is 0 Å². The lowest BCUT2D eigenvalue weighted by Gasteiger charge is -2.27. The molecule has 2 aliphatic heterocycles. The summed E-state index contributed by atoms with van der Waals surface area (Å²) < 4.78 is 22.9. The van der Waals surface area contributed by atoms with Crippen molar-refractivity contribution in [3.05, 3.63) is 0 Å². The average Bonchev–Trinajstić information content (AvgIpc) is 2.53. The second kappa shape index (κ2) is 5.17. The molecule has 0 aliphatic carbocycles. The minimum Gasteiger partial charge on any atom is -0.350 e. The van der Waals surface area contributed by atoms with Crippen molar-refractivity contribution < 1.29 is 13.2 Å². The Kier molecular flexibility index (Phi) is 3.96. The maximum atomic E-state index is 11.9. The summed E-state index contributed by atoms with van der Waals surface area (Å²) in [4.78, 5) is 11.9. The summed E-state index contributed by atoms with van der Waals surface area (Å²) in [6.07, 6.45) is 3.23. The van der Waals surface area contributed by atoms with Crippen LogP contribution in [0.15, 0.2) is 0 Å². The second-order valence-electron chi connectivity index (χ2n) is 5.87.